The van der Waals surface area contributed by atoms with Crippen molar-refractivity contribution < 1.29 is 32.4 Å². The topological polar surface area (TPSA) is 121 Å². The first-order chi connectivity index (χ1) is 4.16. The van der Waals surface area contributed by atoms with Gasteiger partial charge >= 0.3 is 35.5 Å². The third kappa shape index (κ3) is 17.1. The summed E-state index contributed by atoms with van der Waals surface area (Å²) in [6.07, 6.45) is 0.587. The van der Waals surface area contributed by atoms with Crippen LogP contribution in [0.15, 0.2) is 0 Å². The summed E-state index contributed by atoms with van der Waals surface area (Å²) >= 11 is 0. The number of aliphatic carboxylic acids is 1. The SMILES string of the molecule is NCCC(N)CC(=O)O.O.[Fe].[NaH]. The summed E-state index contributed by atoms with van der Waals surface area (Å²) in [5, 5.41) is 8.19. The third-order valence-electron chi connectivity index (χ3n) is 0.974. The maximum atomic E-state index is 9.96. The van der Waals surface area contributed by atoms with Crippen molar-refractivity contribution in [2.24, 2.45) is 11.5 Å². The van der Waals surface area contributed by atoms with Crippen molar-refractivity contribution in [1.29, 1.82) is 0 Å². The molecule has 0 heterocycles. The van der Waals surface area contributed by atoms with Crippen LogP contribution < -0.4 is 11.5 Å². The van der Waals surface area contributed by atoms with E-state index in [1.807, 2.05) is 0 Å². The summed E-state index contributed by atoms with van der Waals surface area (Å²) < 4.78 is 0. The molecular weight excluding hydrogens is 215 g/mol. The molecule has 0 aliphatic rings. The summed E-state index contributed by atoms with van der Waals surface area (Å²) in [6, 6.07) is -0.285. The standard InChI is InChI=1S/C5H12N2O2.Fe.Na.H2O.H/c6-2-1-4(7)3-5(8)9;;;;/h4H,1-3,6-7H2,(H,8,9);;;1H2;. The fourth-order valence-corrected chi connectivity index (χ4v) is 0.540. The number of nitrogens with two attached hydrogens (primary N) is 2. The van der Waals surface area contributed by atoms with E-state index >= 15 is 0 Å². The van der Waals surface area contributed by atoms with E-state index in [2.05, 4.69) is 0 Å². The van der Waals surface area contributed by atoms with E-state index in [0.717, 1.165) is 0 Å². The zero-order valence-electron chi connectivity index (χ0n) is 6.06. The minimum atomic E-state index is -0.865. The molecule has 1 atom stereocenters. The van der Waals surface area contributed by atoms with Crippen LogP contribution >= 0.6 is 0 Å². The zero-order valence-corrected chi connectivity index (χ0v) is 7.17. The minimum absolute atomic E-state index is 0. The molecule has 0 aromatic heterocycles. The van der Waals surface area contributed by atoms with Gasteiger partial charge in [-0.25, -0.2) is 0 Å². The fourth-order valence-electron chi connectivity index (χ4n) is 0.540. The summed E-state index contributed by atoms with van der Waals surface area (Å²) in [7, 11) is 0. The van der Waals surface area contributed by atoms with Gasteiger partial charge in [-0.2, -0.15) is 0 Å². The van der Waals surface area contributed by atoms with Gasteiger partial charge in [0, 0.05) is 23.1 Å². The van der Waals surface area contributed by atoms with Gasteiger partial charge in [-0.15, -0.1) is 0 Å². The van der Waals surface area contributed by atoms with Gasteiger partial charge in [-0.05, 0) is 13.0 Å². The summed E-state index contributed by atoms with van der Waals surface area (Å²) in [5.74, 6) is -0.865. The number of carbonyl (C=O) groups is 1. The van der Waals surface area contributed by atoms with Crippen LogP contribution in [0.4, 0.5) is 0 Å². The normalized spacial score (nSPS) is 9.83. The second-order valence-corrected chi connectivity index (χ2v) is 1.94. The molecule has 12 heavy (non-hydrogen) atoms. The third-order valence-corrected chi connectivity index (χ3v) is 0.974. The molecule has 0 aliphatic heterocycles. The van der Waals surface area contributed by atoms with E-state index in [4.69, 9.17) is 16.6 Å². The molecule has 7 N–H and O–H groups in total. The van der Waals surface area contributed by atoms with E-state index in [9.17, 15) is 4.79 Å². The molecule has 5 nitrogen and oxygen atoms in total. The van der Waals surface area contributed by atoms with Crippen molar-refractivity contribution in [3.05, 3.63) is 0 Å². The van der Waals surface area contributed by atoms with Crippen molar-refractivity contribution >= 4 is 35.5 Å². The number of hydrogen-bond donors (Lipinski definition) is 3. The van der Waals surface area contributed by atoms with Gasteiger partial charge in [0.2, 0.25) is 0 Å². The van der Waals surface area contributed by atoms with Crippen molar-refractivity contribution in [3.63, 3.8) is 0 Å². The average molecular weight is 230 g/mol. The molecule has 0 aromatic carbocycles. The molecule has 0 saturated heterocycles. The Kier molecular flexibility index (Phi) is 27.7. The first-order valence-electron chi connectivity index (χ1n) is 2.84. The quantitative estimate of drug-likeness (QED) is 0.468. The fraction of sp³-hybridized carbons (Fsp3) is 0.800. The zero-order chi connectivity index (χ0) is 7.28. The van der Waals surface area contributed by atoms with Gasteiger partial charge in [0.1, 0.15) is 0 Å². The van der Waals surface area contributed by atoms with E-state index in [1.54, 1.807) is 0 Å². The summed E-state index contributed by atoms with van der Waals surface area (Å²) in [4.78, 5) is 9.96. The number of hydrogen-bond acceptors (Lipinski definition) is 3. The van der Waals surface area contributed by atoms with Crippen LogP contribution in [0.5, 0.6) is 0 Å². The molecule has 0 aromatic rings. The predicted molar refractivity (Wildman–Crippen MR) is 44.7 cm³/mol. The van der Waals surface area contributed by atoms with Gasteiger partial charge in [-0.3, -0.25) is 4.79 Å². The number of carboxylic acid groups (broad SMARTS) is 1. The molecule has 0 amide bonds. The van der Waals surface area contributed by atoms with Crippen LogP contribution in [0.25, 0.3) is 0 Å². The second kappa shape index (κ2) is 14.4. The summed E-state index contributed by atoms with van der Waals surface area (Å²) in [6.45, 7) is 0.453. The van der Waals surface area contributed by atoms with E-state index < -0.39 is 5.97 Å². The Hall–Kier alpha value is 0.869. The second-order valence-electron chi connectivity index (χ2n) is 1.94. The molecule has 0 rings (SSSR count). The molecule has 0 saturated carbocycles. The molecule has 0 spiro atoms. The van der Waals surface area contributed by atoms with Gasteiger partial charge < -0.3 is 22.1 Å². The van der Waals surface area contributed by atoms with Crippen molar-refractivity contribution in [3.8, 4) is 0 Å². The predicted octanol–water partition coefficient (Wildman–Crippen LogP) is -2.34. The van der Waals surface area contributed by atoms with Gasteiger partial charge in [0.15, 0.2) is 0 Å². The van der Waals surface area contributed by atoms with Gasteiger partial charge in [0.05, 0.1) is 6.42 Å². The van der Waals surface area contributed by atoms with Crippen LogP contribution in [0.1, 0.15) is 12.8 Å². The van der Waals surface area contributed by atoms with E-state index in [-0.39, 0.29) is 64.6 Å². The van der Waals surface area contributed by atoms with Crippen LogP contribution in [-0.2, 0) is 21.9 Å². The number of rotatable bonds is 4. The maximum absolute atomic E-state index is 9.96. The average Bonchev–Trinajstić information content (AvgIpc) is 1.63. The molecule has 0 fully saturated rings. The molecule has 7 heteroatoms. The van der Waals surface area contributed by atoms with Crippen molar-refractivity contribution in [2.45, 2.75) is 18.9 Å². The van der Waals surface area contributed by atoms with Crippen LogP contribution in [0.3, 0.4) is 0 Å². The van der Waals surface area contributed by atoms with E-state index in [0.29, 0.717) is 13.0 Å². The monoisotopic (exact) mass is 230 g/mol. The van der Waals surface area contributed by atoms with Crippen LogP contribution in [0.2, 0.25) is 0 Å². The molecule has 0 aliphatic carbocycles. The Morgan fingerprint density at radius 2 is 1.92 bits per heavy atom. The van der Waals surface area contributed by atoms with Crippen LogP contribution in [-0.4, -0.2) is 58.7 Å². The Labute approximate surface area is 104 Å². The Balaban J connectivity index is -0.000000107. The molecule has 1 unspecified atom stereocenters. The van der Waals surface area contributed by atoms with Crippen LogP contribution in [0, 0.1) is 0 Å². The first kappa shape index (κ1) is 23.0. The van der Waals surface area contributed by atoms with Crippen molar-refractivity contribution in [2.75, 3.05) is 6.54 Å². The summed E-state index contributed by atoms with van der Waals surface area (Å²) in [5.41, 5.74) is 10.5. The van der Waals surface area contributed by atoms with E-state index in [1.165, 1.54) is 0 Å². The molecule has 72 valence electrons. The molecular formula is C5H15FeN2NaO3. The Morgan fingerprint density at radius 3 is 2.17 bits per heavy atom. The van der Waals surface area contributed by atoms with Crippen molar-refractivity contribution in [1.82, 2.24) is 0 Å². The Morgan fingerprint density at radius 1 is 1.50 bits per heavy atom. The molecule has 0 radical (unpaired) electrons. The molecule has 0 bridgehead atoms. The number of carboxylic acids is 1. The van der Waals surface area contributed by atoms with Gasteiger partial charge in [-0.1, -0.05) is 0 Å². The van der Waals surface area contributed by atoms with Gasteiger partial charge in [0.25, 0.3) is 0 Å². The Bertz CT molecular complexity index is 107. The first-order valence-corrected chi connectivity index (χ1v) is 2.84.